The van der Waals surface area contributed by atoms with Crippen molar-refractivity contribution >= 4 is 5.97 Å². The lowest BCUT2D eigenvalue weighted by Crippen LogP contribution is -2.56. The Labute approximate surface area is 139 Å². The van der Waals surface area contributed by atoms with E-state index < -0.39 is 49.8 Å². The topological polar surface area (TPSA) is 189 Å². The standard InChI is InChI=1S/C12H16N6O7/c19-4-7-9(22)10(23)11(24)12(25-7)18-2-5(14-16-18)6-1-13-15-17(6)3-8(20)21/h1-2,7,9-12,19,22-24H,3-4H2,(H,20,21)/t7-,9+,10+,11-,12-/m1/s1. The predicted molar refractivity (Wildman–Crippen MR) is 75.7 cm³/mol. The summed E-state index contributed by atoms with van der Waals surface area (Å²) in [5.74, 6) is -1.12. The molecule has 2 aromatic heterocycles. The summed E-state index contributed by atoms with van der Waals surface area (Å²) < 4.78 is 7.55. The summed E-state index contributed by atoms with van der Waals surface area (Å²) in [5.41, 5.74) is 0.487. The lowest BCUT2D eigenvalue weighted by molar-refractivity contribution is -0.254. The summed E-state index contributed by atoms with van der Waals surface area (Å²) >= 11 is 0. The first kappa shape index (κ1) is 17.4. The van der Waals surface area contributed by atoms with Gasteiger partial charge in [0.05, 0.1) is 19.0 Å². The minimum atomic E-state index is -1.55. The van der Waals surface area contributed by atoms with Crippen LogP contribution in [0.4, 0.5) is 0 Å². The molecule has 0 aromatic carbocycles. The first-order valence-corrected chi connectivity index (χ1v) is 7.25. The van der Waals surface area contributed by atoms with Crippen LogP contribution in [-0.4, -0.2) is 92.5 Å². The van der Waals surface area contributed by atoms with E-state index in [0.717, 1.165) is 9.36 Å². The Kier molecular flexibility index (Phi) is 4.73. The Morgan fingerprint density at radius 1 is 1.20 bits per heavy atom. The van der Waals surface area contributed by atoms with E-state index in [1.54, 1.807) is 0 Å². The monoisotopic (exact) mass is 356 g/mol. The van der Waals surface area contributed by atoms with Crippen LogP contribution < -0.4 is 0 Å². The number of carboxylic acids is 1. The fourth-order valence-electron chi connectivity index (χ4n) is 2.52. The molecule has 0 saturated carbocycles. The Balaban J connectivity index is 1.86. The highest BCUT2D eigenvalue weighted by Crippen LogP contribution is 2.28. The number of carbonyl (C=O) groups is 1. The Hall–Kier alpha value is -2.45. The summed E-state index contributed by atoms with van der Waals surface area (Å²) in [6.07, 6.45) is -4.22. The minimum absolute atomic E-state index is 0.211. The van der Waals surface area contributed by atoms with Gasteiger partial charge in [-0.25, -0.2) is 9.36 Å². The third-order valence-corrected chi connectivity index (χ3v) is 3.80. The van der Waals surface area contributed by atoms with Crippen molar-refractivity contribution in [3.8, 4) is 11.4 Å². The molecule has 136 valence electrons. The van der Waals surface area contributed by atoms with E-state index in [-0.39, 0.29) is 11.4 Å². The second kappa shape index (κ2) is 6.81. The van der Waals surface area contributed by atoms with Gasteiger partial charge in [0.2, 0.25) is 0 Å². The van der Waals surface area contributed by atoms with Crippen LogP contribution in [0.2, 0.25) is 0 Å². The number of aliphatic hydroxyl groups excluding tert-OH is 4. The molecule has 3 heterocycles. The van der Waals surface area contributed by atoms with Crippen molar-refractivity contribution in [1.29, 1.82) is 0 Å². The van der Waals surface area contributed by atoms with E-state index in [0.29, 0.717) is 0 Å². The summed E-state index contributed by atoms with van der Waals surface area (Å²) in [5, 5.41) is 62.6. The maximum atomic E-state index is 10.8. The predicted octanol–water partition coefficient (Wildman–Crippen LogP) is -3.41. The highest BCUT2D eigenvalue weighted by atomic mass is 16.6. The van der Waals surface area contributed by atoms with Gasteiger partial charge in [-0.2, -0.15) is 0 Å². The normalized spacial score (nSPS) is 29.7. The van der Waals surface area contributed by atoms with E-state index in [4.69, 9.17) is 9.84 Å². The van der Waals surface area contributed by atoms with E-state index in [9.17, 15) is 25.2 Å². The van der Waals surface area contributed by atoms with Crippen LogP contribution >= 0.6 is 0 Å². The van der Waals surface area contributed by atoms with Gasteiger partial charge in [-0.05, 0) is 0 Å². The molecule has 0 radical (unpaired) electrons. The molecule has 1 saturated heterocycles. The van der Waals surface area contributed by atoms with Gasteiger partial charge in [-0.15, -0.1) is 10.2 Å². The quantitative estimate of drug-likeness (QED) is 0.359. The van der Waals surface area contributed by atoms with Crippen LogP contribution in [-0.2, 0) is 16.1 Å². The SMILES string of the molecule is O=C(O)Cn1nncc1-c1cn([C@@H]2O[C@H](CO)[C@H](O)[C@H](O)[C@H]2O)nn1. The maximum Gasteiger partial charge on any atom is 0.325 e. The molecule has 5 atom stereocenters. The minimum Gasteiger partial charge on any atom is -0.480 e. The molecule has 5 N–H and O–H groups in total. The summed E-state index contributed by atoms with van der Waals surface area (Å²) in [6.45, 7) is -0.999. The number of aliphatic carboxylic acids is 1. The van der Waals surface area contributed by atoms with Crippen molar-refractivity contribution in [2.45, 2.75) is 37.2 Å². The number of hydrogen-bond acceptors (Lipinski definition) is 10. The first-order chi connectivity index (χ1) is 11.9. The smallest absolute Gasteiger partial charge is 0.325 e. The fraction of sp³-hybridized carbons (Fsp3) is 0.583. The number of nitrogens with zero attached hydrogens (tertiary/aromatic N) is 6. The van der Waals surface area contributed by atoms with Gasteiger partial charge in [0.15, 0.2) is 6.23 Å². The van der Waals surface area contributed by atoms with Crippen LogP contribution in [0.15, 0.2) is 12.4 Å². The third-order valence-electron chi connectivity index (χ3n) is 3.80. The van der Waals surface area contributed by atoms with Crippen LogP contribution in [0.1, 0.15) is 6.23 Å². The van der Waals surface area contributed by atoms with E-state index in [2.05, 4.69) is 20.6 Å². The molecule has 1 aliphatic heterocycles. The van der Waals surface area contributed by atoms with Crippen molar-refractivity contribution in [3.05, 3.63) is 12.4 Å². The largest absolute Gasteiger partial charge is 0.480 e. The van der Waals surface area contributed by atoms with Crippen LogP contribution in [0.25, 0.3) is 11.4 Å². The average Bonchev–Trinajstić information content (AvgIpc) is 3.21. The van der Waals surface area contributed by atoms with Gasteiger partial charge in [-0.3, -0.25) is 4.79 Å². The van der Waals surface area contributed by atoms with Crippen LogP contribution in [0, 0.1) is 0 Å². The molecule has 3 rings (SSSR count). The third kappa shape index (κ3) is 3.22. The highest BCUT2D eigenvalue weighted by Gasteiger charge is 2.44. The first-order valence-electron chi connectivity index (χ1n) is 7.25. The molecule has 0 bridgehead atoms. The molecule has 1 fully saturated rings. The van der Waals surface area contributed by atoms with Crippen molar-refractivity contribution < 1.29 is 35.1 Å². The van der Waals surface area contributed by atoms with E-state index in [1.165, 1.54) is 12.4 Å². The zero-order valence-electron chi connectivity index (χ0n) is 12.7. The molecule has 25 heavy (non-hydrogen) atoms. The van der Waals surface area contributed by atoms with Crippen molar-refractivity contribution in [2.75, 3.05) is 6.61 Å². The molecule has 0 aliphatic carbocycles. The molecule has 2 aromatic rings. The molecular formula is C12H16N6O7. The van der Waals surface area contributed by atoms with Crippen LogP contribution in [0.5, 0.6) is 0 Å². The Morgan fingerprint density at radius 2 is 1.96 bits per heavy atom. The molecular weight excluding hydrogens is 340 g/mol. The lowest BCUT2D eigenvalue weighted by atomic mass is 9.98. The van der Waals surface area contributed by atoms with Gasteiger partial charge >= 0.3 is 5.97 Å². The van der Waals surface area contributed by atoms with Gasteiger partial charge in [0.1, 0.15) is 42.3 Å². The second-order valence-electron chi connectivity index (χ2n) is 5.47. The average molecular weight is 356 g/mol. The summed E-state index contributed by atoms with van der Waals surface area (Å²) in [4.78, 5) is 10.8. The van der Waals surface area contributed by atoms with Crippen molar-refractivity contribution in [1.82, 2.24) is 30.0 Å². The zero-order valence-corrected chi connectivity index (χ0v) is 12.7. The Morgan fingerprint density at radius 3 is 2.64 bits per heavy atom. The number of rotatable bonds is 5. The van der Waals surface area contributed by atoms with Gasteiger partial charge < -0.3 is 30.3 Å². The van der Waals surface area contributed by atoms with Crippen molar-refractivity contribution in [2.24, 2.45) is 0 Å². The highest BCUT2D eigenvalue weighted by molar-refractivity contribution is 5.67. The number of aliphatic hydroxyl groups is 4. The maximum absolute atomic E-state index is 10.8. The lowest BCUT2D eigenvalue weighted by Gasteiger charge is -2.39. The summed E-state index contributed by atoms with van der Waals surface area (Å²) in [6, 6.07) is 0. The van der Waals surface area contributed by atoms with Crippen LogP contribution in [0.3, 0.4) is 0 Å². The van der Waals surface area contributed by atoms with Gasteiger partial charge in [-0.1, -0.05) is 10.4 Å². The van der Waals surface area contributed by atoms with E-state index in [1.807, 2.05) is 0 Å². The Bertz CT molecular complexity index is 746. The molecule has 0 amide bonds. The number of ether oxygens (including phenoxy) is 1. The van der Waals surface area contributed by atoms with E-state index >= 15 is 0 Å². The fourth-order valence-corrected chi connectivity index (χ4v) is 2.52. The number of carboxylic acid groups (broad SMARTS) is 1. The molecule has 1 aliphatic rings. The molecule has 13 heteroatoms. The number of hydrogen-bond donors (Lipinski definition) is 5. The van der Waals surface area contributed by atoms with Gasteiger partial charge in [0, 0.05) is 0 Å². The summed E-state index contributed by atoms with van der Waals surface area (Å²) in [7, 11) is 0. The molecule has 0 unspecified atom stereocenters. The van der Waals surface area contributed by atoms with Gasteiger partial charge in [0.25, 0.3) is 0 Å². The number of aromatic nitrogens is 6. The molecule has 0 spiro atoms. The second-order valence-corrected chi connectivity index (χ2v) is 5.47. The zero-order chi connectivity index (χ0) is 18.1. The molecule has 13 nitrogen and oxygen atoms in total. The van der Waals surface area contributed by atoms with Crippen molar-refractivity contribution in [3.63, 3.8) is 0 Å².